The molecule has 6 nitrogen and oxygen atoms in total. The number of para-hydroxylation sites is 2. The van der Waals surface area contributed by atoms with E-state index in [1.807, 2.05) is 23.1 Å². The summed E-state index contributed by atoms with van der Waals surface area (Å²) in [7, 11) is 0. The second-order valence-corrected chi connectivity index (χ2v) is 7.69. The van der Waals surface area contributed by atoms with Gasteiger partial charge in [0.05, 0.1) is 24.6 Å². The van der Waals surface area contributed by atoms with E-state index >= 15 is 0 Å². The smallest absolute Gasteiger partial charge is 0.321 e. The summed E-state index contributed by atoms with van der Waals surface area (Å²) in [6.07, 6.45) is 0. The van der Waals surface area contributed by atoms with Crippen molar-refractivity contribution in [3.05, 3.63) is 24.3 Å². The Kier molecular flexibility index (Phi) is 5.49. The van der Waals surface area contributed by atoms with E-state index in [1.54, 1.807) is 0 Å². The van der Waals surface area contributed by atoms with Gasteiger partial charge in [0.25, 0.3) is 0 Å². The standard InChI is InChI=1S/C19H30N4O2/c1-19(2,3)23-10-8-22(9-11-23)18(24)20-16-6-4-5-7-17(16)21-12-14-25-15-13-21/h4-7H,8-15H2,1-3H3,(H,20,24). The topological polar surface area (TPSA) is 48.0 Å². The summed E-state index contributed by atoms with van der Waals surface area (Å²) in [6.45, 7) is 13.2. The average molecular weight is 346 g/mol. The average Bonchev–Trinajstić information content (AvgIpc) is 2.62. The molecular formula is C19H30N4O2. The summed E-state index contributed by atoms with van der Waals surface area (Å²) < 4.78 is 5.43. The van der Waals surface area contributed by atoms with E-state index in [9.17, 15) is 4.79 Å². The van der Waals surface area contributed by atoms with Crippen molar-refractivity contribution in [2.75, 3.05) is 62.7 Å². The van der Waals surface area contributed by atoms with Gasteiger partial charge in [-0.1, -0.05) is 12.1 Å². The second-order valence-electron chi connectivity index (χ2n) is 7.69. The molecule has 138 valence electrons. The zero-order chi connectivity index (χ0) is 17.9. The van der Waals surface area contributed by atoms with Gasteiger partial charge in [0.2, 0.25) is 0 Å². The van der Waals surface area contributed by atoms with Crippen molar-refractivity contribution in [1.29, 1.82) is 0 Å². The Hall–Kier alpha value is -1.79. The van der Waals surface area contributed by atoms with E-state index in [4.69, 9.17) is 4.74 Å². The van der Waals surface area contributed by atoms with Crippen LogP contribution in [0.15, 0.2) is 24.3 Å². The first kappa shape index (κ1) is 18.0. The minimum absolute atomic E-state index is 0.00531. The molecule has 0 saturated carbocycles. The predicted molar refractivity (Wildman–Crippen MR) is 101 cm³/mol. The van der Waals surface area contributed by atoms with Crippen LogP contribution in [0.25, 0.3) is 0 Å². The zero-order valence-corrected chi connectivity index (χ0v) is 15.6. The molecule has 0 atom stereocenters. The fourth-order valence-electron chi connectivity index (χ4n) is 3.43. The number of benzene rings is 1. The Bertz CT molecular complexity index is 585. The highest BCUT2D eigenvalue weighted by atomic mass is 16.5. The van der Waals surface area contributed by atoms with Crippen molar-refractivity contribution in [3.63, 3.8) is 0 Å². The van der Waals surface area contributed by atoms with Crippen LogP contribution in [0, 0.1) is 0 Å². The van der Waals surface area contributed by atoms with Crippen molar-refractivity contribution in [2.24, 2.45) is 0 Å². The molecule has 0 spiro atoms. The normalized spacial score (nSPS) is 19.8. The van der Waals surface area contributed by atoms with E-state index in [1.165, 1.54) is 0 Å². The third-order valence-corrected chi connectivity index (χ3v) is 5.01. The molecule has 2 fully saturated rings. The molecule has 0 aliphatic carbocycles. The van der Waals surface area contributed by atoms with Crippen LogP contribution in [0.2, 0.25) is 0 Å². The number of urea groups is 1. The molecule has 6 heteroatoms. The number of hydrogen-bond donors (Lipinski definition) is 1. The molecule has 2 aliphatic heterocycles. The third-order valence-electron chi connectivity index (χ3n) is 5.01. The number of nitrogens with one attached hydrogen (secondary N) is 1. The maximum absolute atomic E-state index is 12.7. The van der Waals surface area contributed by atoms with Gasteiger partial charge >= 0.3 is 6.03 Å². The minimum Gasteiger partial charge on any atom is -0.378 e. The highest BCUT2D eigenvalue weighted by molar-refractivity contribution is 5.93. The molecule has 0 bridgehead atoms. The van der Waals surface area contributed by atoms with Gasteiger partial charge in [0.1, 0.15) is 0 Å². The van der Waals surface area contributed by atoms with E-state index in [2.05, 4.69) is 42.0 Å². The van der Waals surface area contributed by atoms with Crippen LogP contribution < -0.4 is 10.2 Å². The molecule has 25 heavy (non-hydrogen) atoms. The van der Waals surface area contributed by atoms with Crippen LogP contribution in [0.1, 0.15) is 20.8 Å². The maximum atomic E-state index is 12.7. The number of anilines is 2. The number of rotatable bonds is 2. The number of ether oxygens (including phenoxy) is 1. The summed E-state index contributed by atoms with van der Waals surface area (Å²) >= 11 is 0. The lowest BCUT2D eigenvalue weighted by Gasteiger charge is -2.42. The Balaban J connectivity index is 1.62. The molecule has 0 unspecified atom stereocenters. The summed E-state index contributed by atoms with van der Waals surface area (Å²) in [4.78, 5) is 19.3. The van der Waals surface area contributed by atoms with Gasteiger partial charge in [-0.05, 0) is 32.9 Å². The first-order chi connectivity index (χ1) is 11.9. The van der Waals surface area contributed by atoms with Gasteiger partial charge in [0.15, 0.2) is 0 Å². The molecule has 1 aromatic rings. The molecule has 1 N–H and O–H groups in total. The number of carbonyl (C=O) groups is 1. The number of morpholine rings is 1. The van der Waals surface area contributed by atoms with E-state index < -0.39 is 0 Å². The molecule has 1 aromatic carbocycles. The monoisotopic (exact) mass is 346 g/mol. The summed E-state index contributed by atoms with van der Waals surface area (Å²) in [5.74, 6) is 0. The molecule has 0 radical (unpaired) electrons. The van der Waals surface area contributed by atoms with Crippen LogP contribution in [-0.2, 0) is 4.74 Å². The largest absolute Gasteiger partial charge is 0.378 e. The first-order valence-corrected chi connectivity index (χ1v) is 9.18. The number of amides is 2. The van der Waals surface area contributed by atoms with E-state index in [-0.39, 0.29) is 11.6 Å². The molecule has 0 aromatic heterocycles. The van der Waals surface area contributed by atoms with Crippen LogP contribution in [0.3, 0.4) is 0 Å². The third kappa shape index (κ3) is 4.44. The predicted octanol–water partition coefficient (Wildman–Crippen LogP) is 2.47. The van der Waals surface area contributed by atoms with Crippen LogP contribution in [0.5, 0.6) is 0 Å². The summed E-state index contributed by atoms with van der Waals surface area (Å²) in [6, 6.07) is 8.03. The molecule has 2 heterocycles. The quantitative estimate of drug-likeness (QED) is 0.894. The Labute approximate surface area is 150 Å². The Morgan fingerprint density at radius 2 is 1.64 bits per heavy atom. The molecule has 2 aliphatic rings. The SMILES string of the molecule is CC(C)(C)N1CCN(C(=O)Nc2ccccc2N2CCOCC2)CC1. The van der Waals surface area contributed by atoms with Crippen LogP contribution in [-0.4, -0.2) is 73.9 Å². The first-order valence-electron chi connectivity index (χ1n) is 9.18. The highest BCUT2D eigenvalue weighted by Crippen LogP contribution is 2.27. The van der Waals surface area contributed by atoms with Gasteiger partial charge in [-0.2, -0.15) is 0 Å². The molecule has 2 saturated heterocycles. The van der Waals surface area contributed by atoms with Gasteiger partial charge in [0, 0.05) is 44.8 Å². The van der Waals surface area contributed by atoms with Gasteiger partial charge < -0.3 is 19.9 Å². The van der Waals surface area contributed by atoms with Crippen molar-refractivity contribution in [1.82, 2.24) is 9.80 Å². The van der Waals surface area contributed by atoms with Crippen molar-refractivity contribution >= 4 is 17.4 Å². The summed E-state index contributed by atoms with van der Waals surface area (Å²) in [5, 5.41) is 3.12. The molecule has 2 amide bonds. The Morgan fingerprint density at radius 3 is 2.28 bits per heavy atom. The minimum atomic E-state index is -0.00531. The fourth-order valence-corrected chi connectivity index (χ4v) is 3.43. The van der Waals surface area contributed by atoms with Crippen molar-refractivity contribution in [2.45, 2.75) is 26.3 Å². The van der Waals surface area contributed by atoms with Crippen molar-refractivity contribution < 1.29 is 9.53 Å². The van der Waals surface area contributed by atoms with Crippen LogP contribution >= 0.6 is 0 Å². The number of piperazine rings is 1. The number of carbonyl (C=O) groups excluding carboxylic acids is 1. The van der Waals surface area contributed by atoms with Gasteiger partial charge in [-0.25, -0.2) is 4.79 Å². The van der Waals surface area contributed by atoms with Crippen LogP contribution in [0.4, 0.5) is 16.2 Å². The Morgan fingerprint density at radius 1 is 1.00 bits per heavy atom. The second kappa shape index (κ2) is 7.62. The fraction of sp³-hybridized carbons (Fsp3) is 0.632. The number of nitrogens with zero attached hydrogens (tertiary/aromatic N) is 3. The van der Waals surface area contributed by atoms with Crippen molar-refractivity contribution in [3.8, 4) is 0 Å². The van der Waals surface area contributed by atoms with E-state index in [0.29, 0.717) is 0 Å². The summed E-state index contributed by atoms with van der Waals surface area (Å²) in [5.41, 5.74) is 2.12. The zero-order valence-electron chi connectivity index (χ0n) is 15.6. The lowest BCUT2D eigenvalue weighted by atomic mass is 10.1. The highest BCUT2D eigenvalue weighted by Gasteiger charge is 2.28. The van der Waals surface area contributed by atoms with Gasteiger partial charge in [-0.3, -0.25) is 4.90 Å². The lowest BCUT2D eigenvalue weighted by molar-refractivity contribution is 0.0774. The molecular weight excluding hydrogens is 316 g/mol. The van der Waals surface area contributed by atoms with E-state index in [0.717, 1.165) is 63.9 Å². The number of hydrogen-bond acceptors (Lipinski definition) is 4. The molecule has 3 rings (SSSR count). The lowest BCUT2D eigenvalue weighted by Crippen LogP contribution is -2.55. The maximum Gasteiger partial charge on any atom is 0.321 e. The van der Waals surface area contributed by atoms with Gasteiger partial charge in [-0.15, -0.1) is 0 Å².